The van der Waals surface area contributed by atoms with Gasteiger partial charge in [0.15, 0.2) is 0 Å². The third-order valence-corrected chi connectivity index (χ3v) is 1.90. The maximum atomic E-state index is 2.26. The van der Waals surface area contributed by atoms with Gasteiger partial charge in [0.25, 0.3) is 0 Å². The quantitative estimate of drug-likeness (QED) is 0.534. The Hall–Kier alpha value is -0.780. The molecule has 0 saturated carbocycles. The van der Waals surface area contributed by atoms with Crippen LogP contribution < -0.4 is 0 Å². The summed E-state index contributed by atoms with van der Waals surface area (Å²) < 4.78 is 0. The second kappa shape index (κ2) is 4.17. The van der Waals surface area contributed by atoms with Crippen LogP contribution in [0.5, 0.6) is 0 Å². The maximum Gasteiger partial charge on any atom is -0.0219 e. The van der Waals surface area contributed by atoms with E-state index >= 15 is 0 Å². The van der Waals surface area contributed by atoms with E-state index in [2.05, 4.69) is 44.2 Å². The first-order chi connectivity index (χ1) is 5.30. The molecule has 0 aromatic rings. The fourth-order valence-corrected chi connectivity index (χ4v) is 1.13. The zero-order valence-electron chi connectivity index (χ0n) is 7.38. The minimum absolute atomic E-state index is 0.647. The van der Waals surface area contributed by atoms with Crippen LogP contribution in [0.25, 0.3) is 0 Å². The molecule has 0 bridgehead atoms. The fourth-order valence-electron chi connectivity index (χ4n) is 1.13. The van der Waals surface area contributed by atoms with Gasteiger partial charge in [0.2, 0.25) is 0 Å². The van der Waals surface area contributed by atoms with Crippen LogP contribution in [0.4, 0.5) is 0 Å². The highest BCUT2D eigenvalue weighted by molar-refractivity contribution is 5.26. The molecule has 0 aliphatic heterocycles. The summed E-state index contributed by atoms with van der Waals surface area (Å²) in [6.45, 7) is 4.46. The zero-order chi connectivity index (χ0) is 8.10. The van der Waals surface area contributed by atoms with Crippen molar-refractivity contribution < 1.29 is 0 Å². The molecule has 1 aliphatic carbocycles. The van der Waals surface area contributed by atoms with Crippen molar-refractivity contribution in [1.29, 1.82) is 0 Å². The summed E-state index contributed by atoms with van der Waals surface area (Å²) in [4.78, 5) is 0. The van der Waals surface area contributed by atoms with Crippen molar-refractivity contribution in [2.75, 3.05) is 0 Å². The van der Waals surface area contributed by atoms with Gasteiger partial charge >= 0.3 is 0 Å². The molecule has 0 unspecified atom stereocenters. The van der Waals surface area contributed by atoms with E-state index in [-0.39, 0.29) is 0 Å². The van der Waals surface area contributed by atoms with Crippen LogP contribution in [0.2, 0.25) is 0 Å². The monoisotopic (exact) mass is 148 g/mol. The van der Waals surface area contributed by atoms with Crippen LogP contribution in [0.3, 0.4) is 0 Å². The van der Waals surface area contributed by atoms with E-state index in [1.165, 1.54) is 18.4 Å². The molecule has 11 heavy (non-hydrogen) atoms. The van der Waals surface area contributed by atoms with Crippen molar-refractivity contribution in [3.63, 3.8) is 0 Å². The van der Waals surface area contributed by atoms with Gasteiger partial charge in [0, 0.05) is 0 Å². The standard InChI is InChI=1S/C11H16/c1-10(2)11-8-6-4-3-5-7-9-11/h4,6-10H,3,5H2,1-2H3/b6-4-,9-7?,11-8?. The third kappa shape index (κ3) is 2.75. The Bertz CT molecular complexity index is 192. The van der Waals surface area contributed by atoms with Crippen molar-refractivity contribution in [1.82, 2.24) is 0 Å². The van der Waals surface area contributed by atoms with Gasteiger partial charge in [-0.05, 0) is 24.3 Å². The Balaban J connectivity index is 2.73. The lowest BCUT2D eigenvalue weighted by molar-refractivity contribution is 0.789. The van der Waals surface area contributed by atoms with Crippen LogP contribution >= 0.6 is 0 Å². The smallest absolute Gasteiger partial charge is 0.0219 e. The van der Waals surface area contributed by atoms with Gasteiger partial charge < -0.3 is 0 Å². The van der Waals surface area contributed by atoms with Gasteiger partial charge in [-0.15, -0.1) is 0 Å². The molecule has 1 aliphatic rings. The van der Waals surface area contributed by atoms with E-state index in [4.69, 9.17) is 0 Å². The molecule has 0 heterocycles. The van der Waals surface area contributed by atoms with Gasteiger partial charge in [0.05, 0.1) is 0 Å². The first-order valence-electron chi connectivity index (χ1n) is 4.34. The first-order valence-corrected chi connectivity index (χ1v) is 4.34. The second-order valence-corrected chi connectivity index (χ2v) is 3.23. The van der Waals surface area contributed by atoms with Crippen molar-refractivity contribution in [2.45, 2.75) is 26.7 Å². The van der Waals surface area contributed by atoms with Crippen molar-refractivity contribution >= 4 is 0 Å². The lowest BCUT2D eigenvalue weighted by atomic mass is 10.0. The fraction of sp³-hybridized carbons (Fsp3) is 0.455. The summed E-state index contributed by atoms with van der Waals surface area (Å²) >= 11 is 0. The summed E-state index contributed by atoms with van der Waals surface area (Å²) in [7, 11) is 0. The first kappa shape index (κ1) is 8.32. The van der Waals surface area contributed by atoms with Gasteiger partial charge in [0.1, 0.15) is 0 Å². The SMILES string of the molecule is CC(C)C1=C/C=C\CCC=C1. The Morgan fingerprint density at radius 1 is 1.18 bits per heavy atom. The maximum absolute atomic E-state index is 2.26. The predicted octanol–water partition coefficient (Wildman–Crippen LogP) is 3.48. The molecular formula is C11H16. The molecule has 0 aromatic heterocycles. The molecule has 0 spiro atoms. The molecule has 0 saturated heterocycles. The van der Waals surface area contributed by atoms with Crippen LogP contribution in [-0.2, 0) is 0 Å². The Kier molecular flexibility index (Phi) is 3.15. The Labute approximate surface area is 69.3 Å². The number of hydrogen-bond donors (Lipinski definition) is 0. The van der Waals surface area contributed by atoms with E-state index in [1.54, 1.807) is 0 Å². The number of rotatable bonds is 1. The zero-order valence-corrected chi connectivity index (χ0v) is 7.38. The van der Waals surface area contributed by atoms with Gasteiger partial charge in [-0.2, -0.15) is 0 Å². The highest BCUT2D eigenvalue weighted by Crippen LogP contribution is 2.13. The van der Waals surface area contributed by atoms with Crippen LogP contribution in [0.1, 0.15) is 26.7 Å². The minimum atomic E-state index is 0.647. The van der Waals surface area contributed by atoms with Crippen LogP contribution in [0.15, 0.2) is 36.0 Å². The molecule has 1 rings (SSSR count). The predicted molar refractivity (Wildman–Crippen MR) is 50.4 cm³/mol. The van der Waals surface area contributed by atoms with Gasteiger partial charge in [-0.25, -0.2) is 0 Å². The van der Waals surface area contributed by atoms with Crippen LogP contribution in [0, 0.1) is 5.92 Å². The third-order valence-electron chi connectivity index (χ3n) is 1.90. The van der Waals surface area contributed by atoms with Crippen molar-refractivity contribution in [3.05, 3.63) is 36.0 Å². The lowest BCUT2D eigenvalue weighted by Crippen LogP contribution is -1.90. The molecule has 0 heteroatoms. The molecule has 0 atom stereocenters. The number of hydrogen-bond acceptors (Lipinski definition) is 0. The topological polar surface area (TPSA) is 0 Å². The van der Waals surface area contributed by atoms with E-state index in [1.807, 2.05) is 0 Å². The summed E-state index contributed by atoms with van der Waals surface area (Å²) in [5, 5.41) is 0. The normalized spacial score (nSPS) is 20.8. The molecular weight excluding hydrogens is 132 g/mol. The minimum Gasteiger partial charge on any atom is -0.0842 e. The van der Waals surface area contributed by atoms with E-state index in [0.717, 1.165) is 0 Å². The molecule has 0 aromatic carbocycles. The molecule has 0 nitrogen and oxygen atoms in total. The largest absolute Gasteiger partial charge is 0.0842 e. The van der Waals surface area contributed by atoms with E-state index in [0.29, 0.717) is 5.92 Å². The molecule has 0 radical (unpaired) electrons. The molecule has 60 valence electrons. The molecule has 0 N–H and O–H groups in total. The number of allylic oxidation sites excluding steroid dienone is 6. The van der Waals surface area contributed by atoms with Gasteiger partial charge in [-0.1, -0.05) is 44.2 Å². The highest BCUT2D eigenvalue weighted by Gasteiger charge is 1.97. The second-order valence-electron chi connectivity index (χ2n) is 3.23. The highest BCUT2D eigenvalue weighted by atomic mass is 14.0. The van der Waals surface area contributed by atoms with E-state index in [9.17, 15) is 0 Å². The van der Waals surface area contributed by atoms with Crippen molar-refractivity contribution in [3.8, 4) is 0 Å². The Morgan fingerprint density at radius 2 is 1.91 bits per heavy atom. The summed E-state index contributed by atoms with van der Waals surface area (Å²) in [6.07, 6.45) is 13.5. The Morgan fingerprint density at radius 3 is 2.64 bits per heavy atom. The van der Waals surface area contributed by atoms with Gasteiger partial charge in [-0.3, -0.25) is 0 Å². The van der Waals surface area contributed by atoms with Crippen molar-refractivity contribution in [2.24, 2.45) is 5.92 Å². The average molecular weight is 148 g/mol. The summed E-state index contributed by atoms with van der Waals surface area (Å²) in [5.74, 6) is 0.647. The average Bonchev–Trinajstić information content (AvgIpc) is 1.84. The molecule has 0 amide bonds. The molecule has 0 fully saturated rings. The summed E-state index contributed by atoms with van der Waals surface area (Å²) in [5.41, 5.74) is 1.43. The lowest BCUT2D eigenvalue weighted by Gasteiger charge is -2.05. The summed E-state index contributed by atoms with van der Waals surface area (Å²) in [6, 6.07) is 0. The van der Waals surface area contributed by atoms with Crippen LogP contribution in [-0.4, -0.2) is 0 Å². The van der Waals surface area contributed by atoms with E-state index < -0.39 is 0 Å².